The Bertz CT molecular complexity index is 555. The summed E-state index contributed by atoms with van der Waals surface area (Å²) in [6.45, 7) is 0. The molecule has 0 radical (unpaired) electrons. The van der Waals surface area contributed by atoms with Gasteiger partial charge < -0.3 is 20.4 Å². The molecule has 1 aromatic carbocycles. The maximum atomic E-state index is 11.0. The first-order chi connectivity index (χ1) is 9.23. The predicted octanol–water partition coefficient (Wildman–Crippen LogP) is 0.162. The van der Waals surface area contributed by atoms with Gasteiger partial charge in [-0.3, -0.25) is 14.9 Å². The number of nitro benzene ring substituents is 1. The van der Waals surface area contributed by atoms with Crippen LogP contribution in [0.25, 0.3) is 0 Å². The molecule has 0 amide bonds. The molecular formula is C11H11NO8. The third-order valence-corrected chi connectivity index (χ3v) is 2.54. The number of aliphatic hydroxyl groups is 2. The van der Waals surface area contributed by atoms with E-state index in [0.29, 0.717) is 0 Å². The number of aliphatic hydroxyl groups excluding tert-OH is 2. The zero-order valence-corrected chi connectivity index (χ0v) is 9.96. The van der Waals surface area contributed by atoms with Crippen LogP contribution < -0.4 is 0 Å². The van der Waals surface area contributed by atoms with Crippen molar-refractivity contribution in [1.82, 2.24) is 0 Å². The number of non-ortho nitro benzene ring substituents is 1. The van der Waals surface area contributed by atoms with Crippen molar-refractivity contribution < 1.29 is 34.9 Å². The fourth-order valence-corrected chi connectivity index (χ4v) is 1.60. The molecular weight excluding hydrogens is 274 g/mol. The average molecular weight is 285 g/mol. The van der Waals surface area contributed by atoms with E-state index in [1.54, 1.807) is 0 Å². The minimum absolute atomic E-state index is 0.416. The van der Waals surface area contributed by atoms with Crippen LogP contribution in [0.5, 0.6) is 0 Å². The first-order valence-electron chi connectivity index (χ1n) is 5.33. The molecule has 0 bridgehead atoms. The lowest BCUT2D eigenvalue weighted by atomic mass is 9.96. The molecule has 20 heavy (non-hydrogen) atoms. The first-order valence-corrected chi connectivity index (χ1v) is 5.33. The maximum absolute atomic E-state index is 11.0. The number of benzene rings is 1. The Labute approximate surface area is 111 Å². The molecule has 0 saturated carbocycles. The molecule has 1 aromatic rings. The molecule has 9 nitrogen and oxygen atoms in total. The van der Waals surface area contributed by atoms with Gasteiger partial charge in [0.2, 0.25) is 0 Å². The van der Waals surface area contributed by atoms with Crippen LogP contribution in [0.3, 0.4) is 0 Å². The standard InChI is InChI=1S/C11H11NO8/c13-8(4-9(14)15)10(16)7-3-5(12(19)20)1-2-6(7)11(17)18/h1-3,8,10,13,16H,4H2,(H,14,15)(H,17,18). The van der Waals surface area contributed by atoms with Crippen molar-refractivity contribution in [3.8, 4) is 0 Å². The van der Waals surface area contributed by atoms with E-state index in [0.717, 1.165) is 18.2 Å². The lowest BCUT2D eigenvalue weighted by Crippen LogP contribution is -2.23. The Kier molecular flexibility index (Phi) is 4.73. The van der Waals surface area contributed by atoms with E-state index in [1.807, 2.05) is 0 Å². The Morgan fingerprint density at radius 2 is 1.85 bits per heavy atom. The van der Waals surface area contributed by atoms with Crippen molar-refractivity contribution >= 4 is 17.6 Å². The highest BCUT2D eigenvalue weighted by Gasteiger charge is 2.27. The number of carboxylic acid groups (broad SMARTS) is 2. The van der Waals surface area contributed by atoms with E-state index in [-0.39, 0.29) is 0 Å². The molecule has 0 aromatic heterocycles. The molecule has 4 N–H and O–H groups in total. The van der Waals surface area contributed by atoms with E-state index >= 15 is 0 Å². The fourth-order valence-electron chi connectivity index (χ4n) is 1.60. The molecule has 0 aliphatic rings. The highest BCUT2D eigenvalue weighted by Crippen LogP contribution is 2.27. The van der Waals surface area contributed by atoms with Crippen LogP contribution in [0.2, 0.25) is 0 Å². The van der Waals surface area contributed by atoms with Crippen LogP contribution in [0.1, 0.15) is 28.4 Å². The Morgan fingerprint density at radius 1 is 1.25 bits per heavy atom. The van der Waals surface area contributed by atoms with Crippen LogP contribution in [0.15, 0.2) is 18.2 Å². The number of rotatable bonds is 6. The monoisotopic (exact) mass is 285 g/mol. The second-order valence-electron chi connectivity index (χ2n) is 3.94. The lowest BCUT2D eigenvalue weighted by molar-refractivity contribution is -0.385. The largest absolute Gasteiger partial charge is 0.481 e. The number of aromatic carboxylic acids is 1. The van der Waals surface area contributed by atoms with Crippen molar-refractivity contribution in [2.75, 3.05) is 0 Å². The van der Waals surface area contributed by atoms with Crippen LogP contribution in [-0.4, -0.2) is 43.4 Å². The number of nitrogens with zero attached hydrogens (tertiary/aromatic N) is 1. The zero-order valence-electron chi connectivity index (χ0n) is 9.96. The van der Waals surface area contributed by atoms with Gasteiger partial charge in [0, 0.05) is 17.7 Å². The van der Waals surface area contributed by atoms with Crippen molar-refractivity contribution in [1.29, 1.82) is 0 Å². The molecule has 0 aliphatic carbocycles. The van der Waals surface area contributed by atoms with Gasteiger partial charge in [0.1, 0.15) is 6.10 Å². The molecule has 9 heteroatoms. The SMILES string of the molecule is O=C(O)CC(O)C(O)c1cc([N+](=O)[O-])ccc1C(=O)O. The quantitative estimate of drug-likeness (QED) is 0.425. The second kappa shape index (κ2) is 6.08. The van der Waals surface area contributed by atoms with Gasteiger partial charge in [0.05, 0.1) is 23.0 Å². The zero-order chi connectivity index (χ0) is 15.4. The van der Waals surface area contributed by atoms with Gasteiger partial charge in [-0.05, 0) is 6.07 Å². The molecule has 0 spiro atoms. The average Bonchev–Trinajstić information content (AvgIpc) is 2.35. The van der Waals surface area contributed by atoms with E-state index in [4.69, 9.17) is 10.2 Å². The normalized spacial score (nSPS) is 13.5. The minimum Gasteiger partial charge on any atom is -0.481 e. The summed E-state index contributed by atoms with van der Waals surface area (Å²) in [7, 11) is 0. The Hall–Kier alpha value is -2.52. The third-order valence-electron chi connectivity index (χ3n) is 2.54. The van der Waals surface area contributed by atoms with Gasteiger partial charge in [-0.1, -0.05) is 0 Å². The lowest BCUT2D eigenvalue weighted by Gasteiger charge is -2.18. The summed E-state index contributed by atoms with van der Waals surface area (Å²) in [6, 6.07) is 2.63. The highest BCUT2D eigenvalue weighted by atomic mass is 16.6. The Morgan fingerprint density at radius 3 is 2.30 bits per heavy atom. The van der Waals surface area contributed by atoms with E-state index in [2.05, 4.69) is 0 Å². The summed E-state index contributed by atoms with van der Waals surface area (Å²) in [6.07, 6.45) is -4.48. The number of carboxylic acids is 2. The molecule has 0 saturated heterocycles. The van der Waals surface area contributed by atoms with E-state index in [9.17, 15) is 29.9 Å². The molecule has 0 heterocycles. The number of hydrogen-bond acceptors (Lipinski definition) is 6. The van der Waals surface area contributed by atoms with Gasteiger partial charge in [0.15, 0.2) is 0 Å². The smallest absolute Gasteiger partial charge is 0.336 e. The second-order valence-corrected chi connectivity index (χ2v) is 3.94. The van der Waals surface area contributed by atoms with Crippen LogP contribution >= 0.6 is 0 Å². The van der Waals surface area contributed by atoms with Crippen molar-refractivity contribution in [2.24, 2.45) is 0 Å². The fraction of sp³-hybridized carbons (Fsp3) is 0.273. The highest BCUT2D eigenvalue weighted by molar-refractivity contribution is 5.90. The van der Waals surface area contributed by atoms with Crippen LogP contribution in [0.4, 0.5) is 5.69 Å². The van der Waals surface area contributed by atoms with Gasteiger partial charge in [-0.15, -0.1) is 0 Å². The summed E-state index contributed by atoms with van der Waals surface area (Å²) in [5, 5.41) is 47.3. The van der Waals surface area contributed by atoms with Crippen molar-refractivity contribution in [3.05, 3.63) is 39.4 Å². The molecule has 0 aliphatic heterocycles. The summed E-state index contributed by atoms with van der Waals surface area (Å²) in [4.78, 5) is 31.2. The molecule has 2 atom stereocenters. The van der Waals surface area contributed by atoms with Gasteiger partial charge in [-0.25, -0.2) is 4.79 Å². The van der Waals surface area contributed by atoms with Crippen LogP contribution in [-0.2, 0) is 4.79 Å². The summed E-state index contributed by atoms with van der Waals surface area (Å²) < 4.78 is 0. The van der Waals surface area contributed by atoms with Gasteiger partial charge in [-0.2, -0.15) is 0 Å². The van der Waals surface area contributed by atoms with Crippen LogP contribution in [0, 0.1) is 10.1 Å². The van der Waals surface area contributed by atoms with Gasteiger partial charge in [0.25, 0.3) is 5.69 Å². The number of aliphatic carboxylic acids is 1. The number of nitro groups is 1. The Balaban J connectivity index is 3.24. The molecule has 108 valence electrons. The molecule has 2 unspecified atom stereocenters. The molecule has 0 fully saturated rings. The molecule has 1 rings (SSSR count). The summed E-state index contributed by atoms with van der Waals surface area (Å²) >= 11 is 0. The van der Waals surface area contributed by atoms with E-state index in [1.165, 1.54) is 0 Å². The predicted molar refractivity (Wildman–Crippen MR) is 63.3 cm³/mol. The maximum Gasteiger partial charge on any atom is 0.336 e. The minimum atomic E-state index is -1.86. The first kappa shape index (κ1) is 15.5. The van der Waals surface area contributed by atoms with Crippen molar-refractivity contribution in [3.63, 3.8) is 0 Å². The van der Waals surface area contributed by atoms with E-state index < -0.39 is 52.3 Å². The topological polar surface area (TPSA) is 158 Å². The number of carbonyl (C=O) groups is 2. The summed E-state index contributed by atoms with van der Waals surface area (Å²) in [5.74, 6) is -2.87. The number of hydrogen-bond donors (Lipinski definition) is 4. The third kappa shape index (κ3) is 3.49. The summed E-state index contributed by atoms with van der Waals surface area (Å²) in [5.41, 5.74) is -1.35. The van der Waals surface area contributed by atoms with Gasteiger partial charge >= 0.3 is 11.9 Å². The van der Waals surface area contributed by atoms with Crippen molar-refractivity contribution in [2.45, 2.75) is 18.6 Å².